The predicted molar refractivity (Wildman–Crippen MR) is 61.4 cm³/mol. The van der Waals surface area contributed by atoms with Crippen molar-refractivity contribution in [2.45, 2.75) is 31.7 Å². The van der Waals surface area contributed by atoms with Crippen LogP contribution in [0.5, 0.6) is 0 Å². The summed E-state index contributed by atoms with van der Waals surface area (Å²) in [5.74, 6) is -2.32. The van der Waals surface area contributed by atoms with Crippen molar-refractivity contribution in [2.24, 2.45) is 17.8 Å². The molecule has 18 heavy (non-hydrogen) atoms. The minimum absolute atomic E-state index is 0.0384. The third-order valence-corrected chi connectivity index (χ3v) is 4.14. The molecule has 1 aliphatic heterocycles. The van der Waals surface area contributed by atoms with E-state index in [0.29, 0.717) is 12.8 Å². The number of rotatable bonds is 3. The van der Waals surface area contributed by atoms with E-state index in [1.165, 1.54) is 0 Å². The zero-order chi connectivity index (χ0) is 12.9. The first-order valence-electron chi connectivity index (χ1n) is 6.36. The van der Waals surface area contributed by atoms with E-state index in [1.54, 1.807) is 0 Å². The zero-order valence-electron chi connectivity index (χ0n) is 9.91. The summed E-state index contributed by atoms with van der Waals surface area (Å²) in [5, 5.41) is 9.25. The highest BCUT2D eigenvalue weighted by atomic mass is 16.4. The molecule has 5 heteroatoms. The maximum absolute atomic E-state index is 12.2. The van der Waals surface area contributed by atoms with Crippen molar-refractivity contribution in [3.8, 4) is 0 Å². The van der Waals surface area contributed by atoms with E-state index in [0.717, 1.165) is 17.7 Å². The van der Waals surface area contributed by atoms with Gasteiger partial charge in [0.05, 0.1) is 11.8 Å². The summed E-state index contributed by atoms with van der Waals surface area (Å²) in [5.41, 5.74) is 0. The molecule has 0 aromatic heterocycles. The first kappa shape index (κ1) is 11.4. The summed E-state index contributed by atoms with van der Waals surface area (Å²) in [4.78, 5) is 36.8. The molecule has 1 heterocycles. The summed E-state index contributed by atoms with van der Waals surface area (Å²) < 4.78 is 0. The predicted octanol–water partition coefficient (Wildman–Crippen LogP) is 0.801. The van der Waals surface area contributed by atoms with E-state index in [2.05, 4.69) is 0 Å². The number of aliphatic carboxylic acids is 1. The van der Waals surface area contributed by atoms with Gasteiger partial charge in [-0.1, -0.05) is 12.2 Å². The van der Waals surface area contributed by atoms with Crippen molar-refractivity contribution >= 4 is 17.8 Å². The molecular formula is C13H15NO4. The van der Waals surface area contributed by atoms with Crippen LogP contribution in [0.3, 0.4) is 0 Å². The fraction of sp³-hybridized carbons (Fsp3) is 0.615. The molecule has 1 saturated carbocycles. The van der Waals surface area contributed by atoms with E-state index < -0.39 is 12.0 Å². The summed E-state index contributed by atoms with van der Waals surface area (Å²) in [6.45, 7) is 0. The van der Waals surface area contributed by atoms with Gasteiger partial charge in [0.1, 0.15) is 6.04 Å². The maximum atomic E-state index is 12.2. The van der Waals surface area contributed by atoms with Gasteiger partial charge in [-0.3, -0.25) is 14.5 Å². The van der Waals surface area contributed by atoms with Gasteiger partial charge in [-0.2, -0.15) is 0 Å². The molecule has 5 nitrogen and oxygen atoms in total. The van der Waals surface area contributed by atoms with Crippen LogP contribution in [0.2, 0.25) is 0 Å². The van der Waals surface area contributed by atoms with Gasteiger partial charge < -0.3 is 5.11 Å². The number of carboxylic acid groups (broad SMARTS) is 1. The number of hydrogen-bond donors (Lipinski definition) is 1. The van der Waals surface area contributed by atoms with Gasteiger partial charge in [0.2, 0.25) is 11.8 Å². The zero-order valence-corrected chi connectivity index (χ0v) is 9.91. The van der Waals surface area contributed by atoms with Crippen LogP contribution in [-0.4, -0.2) is 33.8 Å². The van der Waals surface area contributed by atoms with E-state index >= 15 is 0 Å². The number of carbonyl (C=O) groups excluding carboxylic acids is 2. The average Bonchev–Trinajstić information content (AvgIpc) is 3.14. The molecule has 0 spiro atoms. The van der Waals surface area contributed by atoms with E-state index in [1.807, 2.05) is 12.2 Å². The number of nitrogens with zero attached hydrogens (tertiary/aromatic N) is 1. The van der Waals surface area contributed by atoms with Crippen LogP contribution in [0.15, 0.2) is 12.2 Å². The van der Waals surface area contributed by atoms with Crippen molar-refractivity contribution in [1.82, 2.24) is 4.90 Å². The second kappa shape index (κ2) is 3.93. The number of fused-ring (bicyclic) bond motifs is 1. The molecular weight excluding hydrogens is 234 g/mol. The maximum Gasteiger partial charge on any atom is 0.327 e. The molecule has 0 bridgehead atoms. The van der Waals surface area contributed by atoms with Crippen molar-refractivity contribution < 1.29 is 19.5 Å². The summed E-state index contributed by atoms with van der Waals surface area (Å²) in [6, 6.07) is -0.935. The molecule has 0 aromatic carbocycles. The van der Waals surface area contributed by atoms with Gasteiger partial charge in [0.25, 0.3) is 0 Å². The van der Waals surface area contributed by atoms with Crippen LogP contribution < -0.4 is 0 Å². The Morgan fingerprint density at radius 1 is 1.17 bits per heavy atom. The Morgan fingerprint density at radius 3 is 2.06 bits per heavy atom. The van der Waals surface area contributed by atoms with Gasteiger partial charge in [0, 0.05) is 0 Å². The third kappa shape index (κ3) is 1.57. The van der Waals surface area contributed by atoms with Crippen molar-refractivity contribution in [3.05, 3.63) is 12.2 Å². The quantitative estimate of drug-likeness (QED) is 0.593. The highest BCUT2D eigenvalue weighted by Gasteiger charge is 2.54. The number of carboxylic acids is 1. The highest BCUT2D eigenvalue weighted by molar-refractivity contribution is 6.08. The van der Waals surface area contributed by atoms with Gasteiger partial charge in [0.15, 0.2) is 0 Å². The largest absolute Gasteiger partial charge is 0.480 e. The Hall–Kier alpha value is -1.65. The number of carbonyl (C=O) groups is 3. The van der Waals surface area contributed by atoms with Crippen LogP contribution >= 0.6 is 0 Å². The Kier molecular flexibility index (Phi) is 2.50. The highest BCUT2D eigenvalue weighted by Crippen LogP contribution is 2.42. The lowest BCUT2D eigenvalue weighted by atomic mass is 9.85. The molecule has 2 aliphatic carbocycles. The number of hydrogen-bond acceptors (Lipinski definition) is 3. The number of allylic oxidation sites excluding steroid dienone is 2. The van der Waals surface area contributed by atoms with Crippen LogP contribution in [0, 0.1) is 17.8 Å². The SMILES string of the molecule is O=C(O)C(C1CC1)N1C(=O)[C@H]2CC=CC[C@H]2C1=O. The van der Waals surface area contributed by atoms with Gasteiger partial charge in [-0.25, -0.2) is 4.79 Å². The Morgan fingerprint density at radius 2 is 1.67 bits per heavy atom. The molecule has 3 rings (SSSR count). The minimum atomic E-state index is -1.05. The fourth-order valence-corrected chi connectivity index (χ4v) is 3.03. The molecule has 1 unspecified atom stereocenters. The Balaban J connectivity index is 1.90. The Bertz CT molecular complexity index is 426. The third-order valence-electron chi connectivity index (χ3n) is 4.14. The number of imide groups is 1. The molecule has 3 atom stereocenters. The van der Waals surface area contributed by atoms with Gasteiger partial charge in [-0.15, -0.1) is 0 Å². The molecule has 2 fully saturated rings. The first-order chi connectivity index (χ1) is 8.61. The standard InChI is InChI=1S/C13H15NO4/c15-11-8-3-1-2-4-9(8)12(16)14(11)10(13(17)18)7-5-6-7/h1-2,7-10H,3-6H2,(H,17,18)/t8-,9+,10?. The van der Waals surface area contributed by atoms with Gasteiger partial charge >= 0.3 is 5.97 Å². The van der Waals surface area contributed by atoms with E-state index in [4.69, 9.17) is 0 Å². The minimum Gasteiger partial charge on any atom is -0.480 e. The lowest BCUT2D eigenvalue weighted by Crippen LogP contribution is -2.46. The lowest BCUT2D eigenvalue weighted by molar-refractivity contribution is -0.156. The van der Waals surface area contributed by atoms with Crippen molar-refractivity contribution in [2.75, 3.05) is 0 Å². The normalized spacial score (nSPS) is 32.6. The molecule has 96 valence electrons. The smallest absolute Gasteiger partial charge is 0.327 e. The second-order valence-corrected chi connectivity index (χ2v) is 5.32. The lowest BCUT2D eigenvalue weighted by Gasteiger charge is -2.22. The summed E-state index contributed by atoms with van der Waals surface area (Å²) >= 11 is 0. The van der Waals surface area contributed by atoms with Gasteiger partial charge in [-0.05, 0) is 31.6 Å². The van der Waals surface area contributed by atoms with E-state index in [9.17, 15) is 19.5 Å². The molecule has 1 N–H and O–H groups in total. The first-order valence-corrected chi connectivity index (χ1v) is 6.36. The monoisotopic (exact) mass is 249 g/mol. The topological polar surface area (TPSA) is 74.7 Å². The molecule has 0 radical (unpaired) electrons. The Labute approximate surface area is 104 Å². The average molecular weight is 249 g/mol. The van der Waals surface area contributed by atoms with Crippen LogP contribution in [0.25, 0.3) is 0 Å². The van der Waals surface area contributed by atoms with Crippen LogP contribution in [0.4, 0.5) is 0 Å². The molecule has 3 aliphatic rings. The fourth-order valence-electron chi connectivity index (χ4n) is 3.03. The van der Waals surface area contributed by atoms with Crippen LogP contribution in [0.1, 0.15) is 25.7 Å². The molecule has 0 aromatic rings. The number of likely N-dealkylation sites (tertiary alicyclic amines) is 1. The van der Waals surface area contributed by atoms with Crippen molar-refractivity contribution in [3.63, 3.8) is 0 Å². The van der Waals surface area contributed by atoms with Crippen LogP contribution in [-0.2, 0) is 14.4 Å². The molecule has 2 amide bonds. The number of amides is 2. The molecule has 1 saturated heterocycles. The summed E-state index contributed by atoms with van der Waals surface area (Å²) in [6.07, 6.45) is 6.51. The van der Waals surface area contributed by atoms with E-state index in [-0.39, 0.29) is 29.6 Å². The van der Waals surface area contributed by atoms with Crippen molar-refractivity contribution in [1.29, 1.82) is 0 Å². The second-order valence-electron chi connectivity index (χ2n) is 5.32. The summed E-state index contributed by atoms with van der Waals surface area (Å²) in [7, 11) is 0.